The van der Waals surface area contributed by atoms with Crippen molar-refractivity contribution >= 4 is 35.0 Å². The fraction of sp³-hybridized carbons (Fsp3) is 0.556. The maximum atomic E-state index is 12.3. The second-order valence-corrected chi connectivity index (χ2v) is 7.18. The predicted molar refractivity (Wildman–Crippen MR) is 99.2 cm³/mol. The monoisotopic (exact) mass is 386 g/mol. The number of hydrogen-bond donors (Lipinski definition) is 1. The van der Waals surface area contributed by atoms with Gasteiger partial charge in [-0.05, 0) is 44.4 Å². The van der Waals surface area contributed by atoms with Crippen LogP contribution in [0.5, 0.6) is 5.75 Å². The van der Waals surface area contributed by atoms with Crippen molar-refractivity contribution in [2.45, 2.75) is 39.2 Å². The highest BCUT2D eigenvalue weighted by Gasteiger charge is 2.27. The Kier molecular flexibility index (Phi) is 7.38. The third-order valence-electron chi connectivity index (χ3n) is 4.46. The fourth-order valence-electron chi connectivity index (χ4n) is 2.68. The first-order valence-electron chi connectivity index (χ1n) is 8.56. The minimum atomic E-state index is -0.105. The first-order chi connectivity index (χ1) is 11.9. The Hall–Kier alpha value is -1.46. The van der Waals surface area contributed by atoms with Crippen LogP contribution in [0.2, 0.25) is 10.0 Å². The second kappa shape index (κ2) is 9.30. The summed E-state index contributed by atoms with van der Waals surface area (Å²) in [6.07, 6.45) is 2.26. The smallest absolute Gasteiger partial charge is 0.260 e. The van der Waals surface area contributed by atoms with Crippen LogP contribution in [-0.4, -0.2) is 42.5 Å². The molecule has 1 aliphatic heterocycles. The largest absolute Gasteiger partial charge is 0.482 e. The average Bonchev–Trinajstić information content (AvgIpc) is 2.60. The number of ether oxygens (including phenoxy) is 1. The highest BCUT2D eigenvalue weighted by atomic mass is 35.5. The normalized spacial score (nSPS) is 16.4. The summed E-state index contributed by atoms with van der Waals surface area (Å²) in [5.41, 5.74) is 0. The van der Waals surface area contributed by atoms with Gasteiger partial charge in [0, 0.05) is 30.1 Å². The molecule has 1 saturated heterocycles. The molecule has 2 amide bonds. The number of benzene rings is 1. The SMILES string of the molecule is CCC(C)NC(=O)C1CCN(C(=O)COc2ccc(Cl)cc2Cl)CC1. The lowest BCUT2D eigenvalue weighted by atomic mass is 9.95. The van der Waals surface area contributed by atoms with E-state index in [1.165, 1.54) is 0 Å². The number of hydrogen-bond acceptors (Lipinski definition) is 3. The summed E-state index contributed by atoms with van der Waals surface area (Å²) in [5.74, 6) is 0.393. The van der Waals surface area contributed by atoms with E-state index in [0.29, 0.717) is 41.7 Å². The molecule has 1 aromatic rings. The number of rotatable bonds is 6. The molecule has 0 saturated carbocycles. The van der Waals surface area contributed by atoms with Gasteiger partial charge >= 0.3 is 0 Å². The van der Waals surface area contributed by atoms with Crippen LogP contribution in [0.25, 0.3) is 0 Å². The Bertz CT molecular complexity index is 616. The number of piperidine rings is 1. The van der Waals surface area contributed by atoms with Crippen LogP contribution in [0, 0.1) is 5.92 Å². The van der Waals surface area contributed by atoms with Gasteiger partial charge < -0.3 is 15.0 Å². The van der Waals surface area contributed by atoms with E-state index >= 15 is 0 Å². The average molecular weight is 387 g/mol. The Balaban J connectivity index is 1.78. The van der Waals surface area contributed by atoms with Crippen LogP contribution >= 0.6 is 23.2 Å². The van der Waals surface area contributed by atoms with Gasteiger partial charge in [0.15, 0.2) is 6.61 Å². The van der Waals surface area contributed by atoms with E-state index < -0.39 is 0 Å². The maximum absolute atomic E-state index is 12.3. The van der Waals surface area contributed by atoms with E-state index in [-0.39, 0.29) is 30.4 Å². The molecule has 1 aromatic carbocycles. The standard InChI is InChI=1S/C18H24Cl2N2O3/c1-3-12(2)21-18(24)13-6-8-22(9-7-13)17(23)11-25-16-5-4-14(19)10-15(16)20/h4-5,10,12-13H,3,6-9,11H2,1-2H3,(H,21,24). The number of nitrogens with zero attached hydrogens (tertiary/aromatic N) is 1. The molecule has 25 heavy (non-hydrogen) atoms. The number of carbonyl (C=O) groups is 2. The van der Waals surface area contributed by atoms with E-state index in [1.54, 1.807) is 23.1 Å². The van der Waals surface area contributed by atoms with Crippen molar-refractivity contribution in [3.63, 3.8) is 0 Å². The summed E-state index contributed by atoms with van der Waals surface area (Å²) >= 11 is 11.9. The van der Waals surface area contributed by atoms with Crippen molar-refractivity contribution in [1.82, 2.24) is 10.2 Å². The number of carbonyl (C=O) groups excluding carboxylic acids is 2. The van der Waals surface area contributed by atoms with Gasteiger partial charge in [-0.15, -0.1) is 0 Å². The molecule has 5 nitrogen and oxygen atoms in total. The molecule has 1 N–H and O–H groups in total. The van der Waals surface area contributed by atoms with Crippen LogP contribution in [-0.2, 0) is 9.59 Å². The summed E-state index contributed by atoms with van der Waals surface area (Å²) in [4.78, 5) is 26.2. The topological polar surface area (TPSA) is 58.6 Å². The third kappa shape index (κ3) is 5.79. The van der Waals surface area contributed by atoms with Crippen LogP contribution in [0.15, 0.2) is 18.2 Å². The van der Waals surface area contributed by atoms with Crippen LogP contribution in [0.4, 0.5) is 0 Å². The van der Waals surface area contributed by atoms with E-state index in [1.807, 2.05) is 13.8 Å². The molecule has 1 fully saturated rings. The lowest BCUT2D eigenvalue weighted by molar-refractivity contribution is -0.137. The molecule has 1 atom stereocenters. The van der Waals surface area contributed by atoms with Gasteiger partial charge in [-0.3, -0.25) is 9.59 Å². The molecule has 1 heterocycles. The van der Waals surface area contributed by atoms with Gasteiger partial charge in [-0.2, -0.15) is 0 Å². The molecule has 0 aromatic heterocycles. The minimum absolute atomic E-state index is 0.0234. The zero-order chi connectivity index (χ0) is 18.4. The highest BCUT2D eigenvalue weighted by molar-refractivity contribution is 6.35. The highest BCUT2D eigenvalue weighted by Crippen LogP contribution is 2.27. The van der Waals surface area contributed by atoms with Crippen molar-refractivity contribution in [3.8, 4) is 5.75 Å². The minimum Gasteiger partial charge on any atom is -0.482 e. The molecular formula is C18H24Cl2N2O3. The molecule has 0 radical (unpaired) electrons. The van der Waals surface area contributed by atoms with Crippen molar-refractivity contribution in [3.05, 3.63) is 28.2 Å². The van der Waals surface area contributed by atoms with E-state index in [4.69, 9.17) is 27.9 Å². The summed E-state index contributed by atoms with van der Waals surface area (Å²) in [6.45, 7) is 5.09. The molecule has 0 aliphatic carbocycles. The molecule has 1 aliphatic rings. The first kappa shape index (κ1) is 19.9. The Morgan fingerprint density at radius 3 is 2.60 bits per heavy atom. The number of halogens is 2. The van der Waals surface area contributed by atoms with E-state index in [9.17, 15) is 9.59 Å². The molecule has 2 rings (SSSR count). The van der Waals surface area contributed by atoms with Gasteiger partial charge in [-0.1, -0.05) is 30.1 Å². The predicted octanol–water partition coefficient (Wildman–Crippen LogP) is 3.53. The quantitative estimate of drug-likeness (QED) is 0.813. The first-order valence-corrected chi connectivity index (χ1v) is 9.32. The van der Waals surface area contributed by atoms with Crippen molar-refractivity contribution in [2.24, 2.45) is 5.92 Å². The molecule has 138 valence electrons. The van der Waals surface area contributed by atoms with E-state index in [2.05, 4.69) is 5.32 Å². The lowest BCUT2D eigenvalue weighted by Crippen LogP contribution is -2.45. The molecule has 0 bridgehead atoms. The molecule has 0 spiro atoms. The van der Waals surface area contributed by atoms with Crippen LogP contribution in [0.3, 0.4) is 0 Å². The van der Waals surface area contributed by atoms with Crippen molar-refractivity contribution in [1.29, 1.82) is 0 Å². The van der Waals surface area contributed by atoms with E-state index in [0.717, 1.165) is 6.42 Å². The lowest BCUT2D eigenvalue weighted by Gasteiger charge is -2.31. The van der Waals surface area contributed by atoms with Gasteiger partial charge in [0.05, 0.1) is 5.02 Å². The van der Waals surface area contributed by atoms with Gasteiger partial charge in [0.25, 0.3) is 5.91 Å². The summed E-state index contributed by atoms with van der Waals surface area (Å²) < 4.78 is 5.49. The Morgan fingerprint density at radius 2 is 2.00 bits per heavy atom. The number of nitrogens with one attached hydrogen (secondary N) is 1. The maximum Gasteiger partial charge on any atom is 0.260 e. The van der Waals surface area contributed by atoms with Gasteiger partial charge in [-0.25, -0.2) is 0 Å². The molecular weight excluding hydrogens is 363 g/mol. The van der Waals surface area contributed by atoms with Crippen LogP contribution in [0.1, 0.15) is 33.1 Å². The zero-order valence-corrected chi connectivity index (χ0v) is 16.1. The van der Waals surface area contributed by atoms with Crippen molar-refractivity contribution < 1.29 is 14.3 Å². The van der Waals surface area contributed by atoms with Crippen LogP contribution < -0.4 is 10.1 Å². The summed E-state index contributed by atoms with van der Waals surface area (Å²) in [6, 6.07) is 5.06. The molecule has 7 heteroatoms. The molecule has 1 unspecified atom stereocenters. The summed E-state index contributed by atoms with van der Waals surface area (Å²) in [7, 11) is 0. The zero-order valence-electron chi connectivity index (χ0n) is 14.6. The fourth-order valence-corrected chi connectivity index (χ4v) is 3.14. The number of amides is 2. The Morgan fingerprint density at radius 1 is 1.32 bits per heavy atom. The Labute approximate surface area is 158 Å². The van der Waals surface area contributed by atoms with Gasteiger partial charge in [0.1, 0.15) is 5.75 Å². The third-order valence-corrected chi connectivity index (χ3v) is 5.00. The second-order valence-electron chi connectivity index (χ2n) is 6.34. The summed E-state index contributed by atoms with van der Waals surface area (Å²) in [5, 5.41) is 3.90. The number of likely N-dealkylation sites (tertiary alicyclic amines) is 1. The van der Waals surface area contributed by atoms with Crippen molar-refractivity contribution in [2.75, 3.05) is 19.7 Å². The van der Waals surface area contributed by atoms with Gasteiger partial charge in [0.2, 0.25) is 5.91 Å².